The van der Waals surface area contributed by atoms with E-state index in [9.17, 15) is 4.79 Å². The highest BCUT2D eigenvalue weighted by molar-refractivity contribution is 7.10. The largest absolute Gasteiger partial charge is 0.376 e. The number of halogens is 1. The topological polar surface area (TPSA) is 60.6 Å². The highest BCUT2D eigenvalue weighted by atomic mass is 35.5. The van der Waals surface area contributed by atoms with Gasteiger partial charge in [0, 0.05) is 0 Å². The Hall–Kier alpha value is -2.19. The van der Waals surface area contributed by atoms with Gasteiger partial charge in [-0.1, -0.05) is 35.9 Å². The molecule has 3 heterocycles. The molecule has 0 saturated carbocycles. The van der Waals surface area contributed by atoms with Gasteiger partial charge in [-0.15, -0.1) is 11.3 Å². The fraction of sp³-hybridized carbons (Fsp3) is 0.300. The summed E-state index contributed by atoms with van der Waals surface area (Å²) in [5, 5.41) is 9.90. The van der Waals surface area contributed by atoms with Crippen LogP contribution in [-0.4, -0.2) is 42.6 Å². The van der Waals surface area contributed by atoms with Crippen LogP contribution < -0.4 is 15.8 Å². The molecule has 28 heavy (non-hydrogen) atoms. The molecule has 0 radical (unpaired) electrons. The SMILES string of the molecule is O=c1c(Cl)c(NC[C@@H](c2cccs2)[NH+]2CCOCC2)cnn1-c1ccccc1. The minimum atomic E-state index is -0.329. The minimum absolute atomic E-state index is 0.153. The summed E-state index contributed by atoms with van der Waals surface area (Å²) in [4.78, 5) is 15.5. The second-order valence-corrected chi connectivity index (χ2v) is 8.00. The van der Waals surface area contributed by atoms with Crippen molar-refractivity contribution in [2.45, 2.75) is 6.04 Å². The highest BCUT2D eigenvalue weighted by Crippen LogP contribution is 2.21. The highest BCUT2D eigenvalue weighted by Gasteiger charge is 2.27. The van der Waals surface area contributed by atoms with Crippen molar-refractivity contribution in [3.05, 3.63) is 74.3 Å². The van der Waals surface area contributed by atoms with Crippen molar-refractivity contribution in [3.63, 3.8) is 0 Å². The maximum absolute atomic E-state index is 12.7. The maximum atomic E-state index is 12.7. The van der Waals surface area contributed by atoms with Crippen molar-refractivity contribution in [1.29, 1.82) is 0 Å². The van der Waals surface area contributed by atoms with Gasteiger partial charge in [-0.25, -0.2) is 0 Å². The molecule has 0 bridgehead atoms. The maximum Gasteiger partial charge on any atom is 0.292 e. The Balaban J connectivity index is 1.54. The van der Waals surface area contributed by atoms with Crippen molar-refractivity contribution < 1.29 is 9.64 Å². The zero-order chi connectivity index (χ0) is 19.3. The van der Waals surface area contributed by atoms with Crippen LogP contribution in [0.25, 0.3) is 5.69 Å². The van der Waals surface area contributed by atoms with Gasteiger partial charge in [0.1, 0.15) is 24.2 Å². The zero-order valence-corrected chi connectivity index (χ0v) is 16.9. The van der Waals surface area contributed by atoms with Crippen LogP contribution in [0.5, 0.6) is 0 Å². The molecule has 2 N–H and O–H groups in total. The normalized spacial score (nSPS) is 16.0. The summed E-state index contributed by atoms with van der Waals surface area (Å²) in [6, 6.07) is 13.8. The van der Waals surface area contributed by atoms with Crippen molar-refractivity contribution in [1.82, 2.24) is 9.78 Å². The number of para-hydroxylation sites is 1. The lowest BCUT2D eigenvalue weighted by molar-refractivity contribution is -0.936. The molecular weight excluding hydrogens is 396 g/mol. The van der Waals surface area contributed by atoms with Crippen LogP contribution in [0.2, 0.25) is 5.02 Å². The first kappa shape index (κ1) is 19.1. The Morgan fingerprint density at radius 1 is 1.21 bits per heavy atom. The van der Waals surface area contributed by atoms with E-state index in [0.717, 1.165) is 26.3 Å². The number of benzene rings is 1. The van der Waals surface area contributed by atoms with Gasteiger partial charge in [0.25, 0.3) is 5.56 Å². The number of rotatable bonds is 6. The van der Waals surface area contributed by atoms with Gasteiger partial charge in [0.15, 0.2) is 0 Å². The molecule has 0 aliphatic carbocycles. The number of ether oxygens (including phenoxy) is 1. The average molecular weight is 418 g/mol. The molecule has 1 aliphatic heterocycles. The summed E-state index contributed by atoms with van der Waals surface area (Å²) in [6.45, 7) is 4.14. The summed E-state index contributed by atoms with van der Waals surface area (Å²) in [6.07, 6.45) is 1.62. The van der Waals surface area contributed by atoms with Gasteiger partial charge >= 0.3 is 0 Å². The van der Waals surface area contributed by atoms with Crippen molar-refractivity contribution in [3.8, 4) is 5.69 Å². The fourth-order valence-corrected chi connectivity index (χ4v) is 4.52. The first-order valence-corrected chi connectivity index (χ1v) is 10.5. The van der Waals surface area contributed by atoms with Gasteiger partial charge < -0.3 is 15.0 Å². The predicted molar refractivity (Wildman–Crippen MR) is 112 cm³/mol. The zero-order valence-electron chi connectivity index (χ0n) is 15.3. The molecule has 3 aromatic rings. The Morgan fingerprint density at radius 2 is 2.00 bits per heavy atom. The van der Waals surface area contributed by atoms with Crippen molar-refractivity contribution in [2.24, 2.45) is 0 Å². The summed E-state index contributed by atoms with van der Waals surface area (Å²) >= 11 is 8.13. The Morgan fingerprint density at radius 3 is 2.71 bits per heavy atom. The summed E-state index contributed by atoms with van der Waals surface area (Å²) in [5.74, 6) is 0. The summed E-state index contributed by atoms with van der Waals surface area (Å²) in [7, 11) is 0. The number of anilines is 1. The van der Waals surface area contributed by atoms with E-state index < -0.39 is 0 Å². The van der Waals surface area contributed by atoms with Gasteiger partial charge in [0.05, 0.1) is 42.2 Å². The molecule has 2 aromatic heterocycles. The molecular formula is C20H22ClN4O2S+. The third-order valence-corrected chi connectivity index (χ3v) is 6.28. The first-order chi connectivity index (χ1) is 13.7. The van der Waals surface area contributed by atoms with Gasteiger partial charge in [0.2, 0.25) is 0 Å². The number of nitrogens with one attached hydrogen (secondary N) is 2. The Kier molecular flexibility index (Phi) is 6.07. The van der Waals surface area contributed by atoms with E-state index >= 15 is 0 Å². The summed E-state index contributed by atoms with van der Waals surface area (Å²) in [5.41, 5.74) is 0.924. The predicted octanol–water partition coefficient (Wildman–Crippen LogP) is 2.02. The number of morpholine rings is 1. The second-order valence-electron chi connectivity index (χ2n) is 6.64. The molecule has 0 unspecified atom stereocenters. The fourth-order valence-electron chi connectivity index (χ4n) is 3.44. The number of quaternary nitrogens is 1. The smallest absolute Gasteiger partial charge is 0.292 e. The van der Waals surface area contributed by atoms with Crippen LogP contribution in [0, 0.1) is 0 Å². The lowest BCUT2D eigenvalue weighted by Gasteiger charge is -2.31. The first-order valence-electron chi connectivity index (χ1n) is 9.27. The van der Waals surface area contributed by atoms with E-state index in [0.29, 0.717) is 17.9 Å². The molecule has 4 rings (SSSR count). The number of aromatic nitrogens is 2. The van der Waals surface area contributed by atoms with Crippen LogP contribution in [-0.2, 0) is 4.74 Å². The number of hydrogen-bond donors (Lipinski definition) is 2. The molecule has 146 valence electrons. The number of hydrogen-bond acceptors (Lipinski definition) is 5. The third-order valence-electron chi connectivity index (χ3n) is 4.93. The van der Waals surface area contributed by atoms with E-state index in [-0.39, 0.29) is 16.6 Å². The second kappa shape index (κ2) is 8.87. The molecule has 1 saturated heterocycles. The van der Waals surface area contributed by atoms with Crippen LogP contribution >= 0.6 is 22.9 Å². The van der Waals surface area contributed by atoms with Crippen molar-refractivity contribution in [2.75, 3.05) is 38.2 Å². The molecule has 1 atom stereocenters. The van der Waals surface area contributed by atoms with Gasteiger partial charge in [-0.3, -0.25) is 4.79 Å². The van der Waals surface area contributed by atoms with E-state index in [1.807, 2.05) is 30.3 Å². The number of nitrogens with zero attached hydrogens (tertiary/aromatic N) is 2. The van der Waals surface area contributed by atoms with E-state index in [4.69, 9.17) is 16.3 Å². The van der Waals surface area contributed by atoms with Crippen LogP contribution in [0.4, 0.5) is 5.69 Å². The van der Waals surface area contributed by atoms with Crippen LogP contribution in [0.1, 0.15) is 10.9 Å². The minimum Gasteiger partial charge on any atom is -0.376 e. The molecule has 1 aliphatic rings. The molecule has 1 aromatic carbocycles. The van der Waals surface area contributed by atoms with E-state index in [2.05, 4.69) is 27.9 Å². The molecule has 6 nitrogen and oxygen atoms in total. The Labute approximate surface area is 172 Å². The van der Waals surface area contributed by atoms with Gasteiger partial charge in [-0.05, 0) is 23.6 Å². The molecule has 0 amide bonds. The lowest BCUT2D eigenvalue weighted by Crippen LogP contribution is -3.14. The number of thiophene rings is 1. The molecule has 8 heteroatoms. The third kappa shape index (κ3) is 4.12. The van der Waals surface area contributed by atoms with Crippen molar-refractivity contribution >= 4 is 28.6 Å². The lowest BCUT2D eigenvalue weighted by atomic mass is 10.2. The summed E-state index contributed by atoms with van der Waals surface area (Å²) < 4.78 is 6.82. The standard InChI is InChI=1S/C20H21ClN4O2S/c21-19-16(13-23-25(20(19)26)15-5-2-1-3-6-15)22-14-17(18-7-4-12-28-18)24-8-10-27-11-9-24/h1-7,12-13,17,22H,8-11,14H2/p+1/t17-/m0/s1. The molecule has 0 spiro atoms. The molecule has 1 fully saturated rings. The van der Waals surface area contributed by atoms with Gasteiger partial charge in [-0.2, -0.15) is 9.78 Å². The van der Waals surface area contributed by atoms with E-state index in [1.54, 1.807) is 17.5 Å². The van der Waals surface area contributed by atoms with Crippen LogP contribution in [0.3, 0.4) is 0 Å². The van der Waals surface area contributed by atoms with E-state index in [1.165, 1.54) is 14.5 Å². The quantitative estimate of drug-likeness (QED) is 0.644. The monoisotopic (exact) mass is 417 g/mol. The van der Waals surface area contributed by atoms with Crippen LogP contribution in [0.15, 0.2) is 58.8 Å². The average Bonchev–Trinajstić information content (AvgIpc) is 3.27. The Bertz CT molecular complexity index is 956.